The van der Waals surface area contributed by atoms with Crippen LogP contribution in [0.4, 0.5) is 5.69 Å². The van der Waals surface area contributed by atoms with Crippen LogP contribution in [0.3, 0.4) is 0 Å². The van der Waals surface area contributed by atoms with Crippen LogP contribution >= 0.6 is 0 Å². The SMILES string of the molecule is CC[C@]12CN3CCc4c([nH]c5ccccc45)[C@@](C(=O)OC)(c4cc5c(cc4OC)N(C)[C@H]4[C@@](O)(C(=O)OC)[C@H](OC(C)=O)[C@]6(CC)C=CCN7CC[C@]54[C@@H]76)C[C@@H](C3)[C@H]1O2. The molecule has 314 valence electrons. The van der Waals surface area contributed by atoms with Crippen LogP contribution in [0.15, 0.2) is 48.6 Å². The molecule has 1 aromatic heterocycles. The molecular formula is C46H56N4O9. The fraction of sp³-hybridized carbons (Fsp3) is 0.587. The summed E-state index contributed by atoms with van der Waals surface area (Å²) in [5.74, 6) is -1.37. The number of H-pyrrole nitrogens is 1. The molecule has 13 nitrogen and oxygen atoms in total. The van der Waals surface area contributed by atoms with Gasteiger partial charge in [-0.05, 0) is 61.9 Å². The fourth-order valence-electron chi connectivity index (χ4n) is 13.9. The smallest absolute Gasteiger partial charge is 0.344 e. The number of fused-ring (bicyclic) bond motifs is 8. The number of aromatic amines is 1. The molecule has 1 spiro atoms. The van der Waals surface area contributed by atoms with Crippen molar-refractivity contribution in [2.24, 2.45) is 11.3 Å². The number of methoxy groups -OCH3 is 3. The quantitative estimate of drug-likeness (QED) is 0.154. The molecule has 3 saturated heterocycles. The zero-order valence-corrected chi connectivity index (χ0v) is 35.1. The van der Waals surface area contributed by atoms with Gasteiger partial charge in [-0.25, -0.2) is 4.79 Å². The summed E-state index contributed by atoms with van der Waals surface area (Å²) >= 11 is 0. The normalized spacial score (nSPS) is 38.7. The van der Waals surface area contributed by atoms with Gasteiger partial charge in [0.1, 0.15) is 16.8 Å². The molecule has 2 N–H and O–H groups in total. The minimum Gasteiger partial charge on any atom is -0.496 e. The average Bonchev–Trinajstić information content (AvgIpc) is 3.53. The van der Waals surface area contributed by atoms with Crippen LogP contribution in [0.2, 0.25) is 0 Å². The number of carbonyl (C=O) groups is 3. The number of nitrogens with one attached hydrogen (secondary N) is 1. The second-order valence-corrected chi connectivity index (χ2v) is 18.3. The van der Waals surface area contributed by atoms with E-state index < -0.39 is 51.9 Å². The maximum Gasteiger partial charge on any atom is 0.344 e. The Morgan fingerprint density at radius 3 is 2.49 bits per heavy atom. The lowest BCUT2D eigenvalue weighted by Crippen LogP contribution is -2.81. The largest absolute Gasteiger partial charge is 0.496 e. The predicted molar refractivity (Wildman–Crippen MR) is 218 cm³/mol. The van der Waals surface area contributed by atoms with Gasteiger partial charge in [-0.15, -0.1) is 0 Å². The molecule has 13 heteroatoms. The van der Waals surface area contributed by atoms with E-state index >= 15 is 4.79 Å². The molecule has 7 aliphatic rings. The molecular weight excluding hydrogens is 753 g/mol. The van der Waals surface area contributed by atoms with Crippen molar-refractivity contribution in [3.8, 4) is 5.75 Å². The highest BCUT2D eigenvalue weighted by Gasteiger charge is 2.80. The number of rotatable bonds is 7. The number of esters is 3. The van der Waals surface area contributed by atoms with Gasteiger partial charge in [0.05, 0.1) is 33.5 Å². The second kappa shape index (κ2) is 13.0. The van der Waals surface area contributed by atoms with E-state index in [9.17, 15) is 14.7 Å². The highest BCUT2D eigenvalue weighted by molar-refractivity contribution is 5.95. The lowest BCUT2D eigenvalue weighted by Gasteiger charge is -2.63. The Bertz CT molecular complexity index is 2310. The van der Waals surface area contributed by atoms with Crippen molar-refractivity contribution in [2.45, 2.75) is 99.2 Å². The minimum absolute atomic E-state index is 0.00603. The van der Waals surface area contributed by atoms with Crippen LogP contribution in [0.5, 0.6) is 5.75 Å². The monoisotopic (exact) mass is 808 g/mol. The number of aromatic nitrogens is 1. The maximum atomic E-state index is 15.4. The van der Waals surface area contributed by atoms with Gasteiger partial charge in [-0.3, -0.25) is 19.4 Å². The van der Waals surface area contributed by atoms with Crippen LogP contribution in [-0.2, 0) is 50.6 Å². The van der Waals surface area contributed by atoms with Crippen molar-refractivity contribution in [1.82, 2.24) is 14.8 Å². The van der Waals surface area contributed by atoms with Crippen molar-refractivity contribution in [3.05, 3.63) is 70.9 Å². The Balaban J connectivity index is 1.28. The second-order valence-electron chi connectivity index (χ2n) is 18.3. The standard InChI is InChI=1S/C46H56N4O9/c1-8-42-16-12-18-50-20-17-44(37(42)50)30-21-31(34(55-5)22-33(30)48(4)38(44)46(54,41(53)57-7)39(42)58-26(3)51)45(40(52)56-6)23-27-24-49(25-43(9-2)36(27)59-43)19-15-29-28-13-10-11-14-32(28)47-35(29)45/h10-14,16,21-22,27,36-39,47,54H,8-9,15,17-20,23-25H2,1-7H3/t27-,36+,37-,38+,39+,42+,43-,44+,45-,46-/m0/s1. The molecule has 0 amide bonds. The van der Waals surface area contributed by atoms with Gasteiger partial charge in [0.15, 0.2) is 6.10 Å². The number of benzene rings is 2. The molecule has 1 saturated carbocycles. The highest BCUT2D eigenvalue weighted by atomic mass is 16.6. The average molecular weight is 809 g/mol. The Labute approximate surface area is 344 Å². The first-order chi connectivity index (χ1) is 28.3. The summed E-state index contributed by atoms with van der Waals surface area (Å²) in [7, 11) is 6.23. The highest BCUT2D eigenvalue weighted by Crippen LogP contribution is 2.68. The molecule has 1 aliphatic carbocycles. The van der Waals surface area contributed by atoms with Crippen LogP contribution in [-0.4, -0.2) is 134 Å². The van der Waals surface area contributed by atoms with Crippen molar-refractivity contribution in [2.75, 3.05) is 66.0 Å². The number of para-hydroxylation sites is 1. The Kier molecular flexibility index (Phi) is 8.56. The van der Waals surface area contributed by atoms with Gasteiger partial charge >= 0.3 is 17.9 Å². The molecule has 2 bridgehead atoms. The van der Waals surface area contributed by atoms with E-state index in [1.54, 1.807) is 7.11 Å². The first-order valence-corrected chi connectivity index (χ1v) is 21.3. The fourth-order valence-corrected chi connectivity index (χ4v) is 13.9. The summed E-state index contributed by atoms with van der Waals surface area (Å²) in [4.78, 5) is 53.5. The minimum atomic E-state index is -2.29. The number of hydrogen-bond acceptors (Lipinski definition) is 12. The van der Waals surface area contributed by atoms with Gasteiger partial charge in [-0.1, -0.05) is 44.2 Å². The summed E-state index contributed by atoms with van der Waals surface area (Å²) in [6.45, 7) is 9.32. The maximum absolute atomic E-state index is 15.4. The number of nitrogens with zero attached hydrogens (tertiary/aromatic N) is 3. The van der Waals surface area contributed by atoms with E-state index in [0.717, 1.165) is 59.5 Å². The summed E-state index contributed by atoms with van der Waals surface area (Å²) in [6, 6.07) is 11.2. The topological polar surface area (TPSA) is 146 Å². The van der Waals surface area contributed by atoms with Gasteiger partial charge in [0.2, 0.25) is 5.60 Å². The number of aliphatic hydroxyl groups is 1. The molecule has 6 aliphatic heterocycles. The summed E-state index contributed by atoms with van der Waals surface area (Å²) in [6.07, 6.45) is 5.94. The third kappa shape index (κ3) is 4.73. The van der Waals surface area contributed by atoms with Crippen LogP contribution in [0, 0.1) is 11.3 Å². The number of anilines is 1. The Hall–Kier alpha value is -4.43. The van der Waals surface area contributed by atoms with Crippen molar-refractivity contribution >= 4 is 34.5 Å². The molecule has 7 heterocycles. The van der Waals surface area contributed by atoms with Crippen molar-refractivity contribution in [1.29, 1.82) is 0 Å². The van der Waals surface area contributed by atoms with Gasteiger partial charge in [0.25, 0.3) is 0 Å². The first kappa shape index (κ1) is 38.8. The molecule has 3 aromatic rings. The third-order valence-electron chi connectivity index (χ3n) is 16.0. The van der Waals surface area contributed by atoms with Crippen LogP contribution in [0.25, 0.3) is 10.9 Å². The van der Waals surface area contributed by atoms with Gasteiger partial charge in [0, 0.05) is 96.9 Å². The number of piperidine rings is 1. The number of hydrogen-bond donors (Lipinski definition) is 2. The lowest BCUT2D eigenvalue weighted by atomic mass is 9.47. The summed E-state index contributed by atoms with van der Waals surface area (Å²) < 4.78 is 30.7. The summed E-state index contributed by atoms with van der Waals surface area (Å²) in [5, 5.41) is 14.4. The Morgan fingerprint density at radius 1 is 1.00 bits per heavy atom. The van der Waals surface area contributed by atoms with E-state index in [1.807, 2.05) is 37.1 Å². The van der Waals surface area contributed by atoms with E-state index in [1.165, 1.54) is 21.1 Å². The molecule has 11 atom stereocenters. The summed E-state index contributed by atoms with van der Waals surface area (Å²) in [5.41, 5.74) is -0.627. The molecule has 2 aromatic carbocycles. The van der Waals surface area contributed by atoms with E-state index in [2.05, 4.69) is 52.1 Å². The molecule has 0 radical (unpaired) electrons. The third-order valence-corrected chi connectivity index (χ3v) is 16.0. The van der Waals surface area contributed by atoms with Gasteiger partial charge in [-0.2, -0.15) is 0 Å². The van der Waals surface area contributed by atoms with E-state index in [-0.39, 0.29) is 23.7 Å². The number of likely N-dealkylation sites (N-methyl/N-ethyl adjacent to an activating group) is 1. The molecule has 4 fully saturated rings. The van der Waals surface area contributed by atoms with Crippen molar-refractivity contribution in [3.63, 3.8) is 0 Å². The zero-order valence-electron chi connectivity index (χ0n) is 35.1. The molecule has 59 heavy (non-hydrogen) atoms. The lowest BCUT2D eigenvalue weighted by molar-refractivity contribution is -0.228. The van der Waals surface area contributed by atoms with Crippen LogP contribution < -0.4 is 9.64 Å². The number of ether oxygens (including phenoxy) is 5. The molecule has 1 unspecified atom stereocenters. The van der Waals surface area contributed by atoms with E-state index in [0.29, 0.717) is 50.1 Å². The zero-order chi connectivity index (χ0) is 41.4. The van der Waals surface area contributed by atoms with Crippen LogP contribution in [0.1, 0.15) is 68.8 Å². The van der Waals surface area contributed by atoms with E-state index in [4.69, 9.17) is 23.7 Å². The predicted octanol–water partition coefficient (Wildman–Crippen LogP) is 4.01. The molecule has 10 rings (SSSR count). The number of carbonyl (C=O) groups excluding carboxylic acids is 3. The Morgan fingerprint density at radius 2 is 1.78 bits per heavy atom. The van der Waals surface area contributed by atoms with Gasteiger partial charge < -0.3 is 38.7 Å². The first-order valence-electron chi connectivity index (χ1n) is 21.3. The van der Waals surface area contributed by atoms with Crippen molar-refractivity contribution < 1.29 is 43.2 Å². The number of epoxide rings is 1.